The van der Waals surface area contributed by atoms with Crippen molar-refractivity contribution in [3.63, 3.8) is 0 Å². The molecule has 2 amide bonds. The van der Waals surface area contributed by atoms with Crippen molar-refractivity contribution in [3.8, 4) is 0 Å². The van der Waals surface area contributed by atoms with E-state index < -0.39 is 0 Å². The van der Waals surface area contributed by atoms with Crippen LogP contribution in [0.5, 0.6) is 0 Å². The van der Waals surface area contributed by atoms with Gasteiger partial charge in [0.1, 0.15) is 0 Å². The van der Waals surface area contributed by atoms with Crippen molar-refractivity contribution in [3.05, 3.63) is 53.7 Å². The molecule has 0 saturated heterocycles. The van der Waals surface area contributed by atoms with Gasteiger partial charge in [-0.25, -0.2) is 4.79 Å². The summed E-state index contributed by atoms with van der Waals surface area (Å²) in [6.45, 7) is 5.89. The van der Waals surface area contributed by atoms with Crippen LogP contribution in [0.15, 0.2) is 40.9 Å². The van der Waals surface area contributed by atoms with Crippen molar-refractivity contribution < 1.29 is 9.32 Å². The lowest BCUT2D eigenvalue weighted by molar-refractivity contribution is 0.203. The molecule has 0 aliphatic carbocycles. The minimum Gasteiger partial charge on any atom is -0.339 e. The largest absolute Gasteiger partial charge is 0.339 e. The van der Waals surface area contributed by atoms with Crippen LogP contribution in [0.2, 0.25) is 0 Å². The molecule has 0 bridgehead atoms. The highest BCUT2D eigenvalue weighted by molar-refractivity contribution is 5.78. The Morgan fingerprint density at radius 2 is 2.12 bits per heavy atom. The number of aromatic nitrogens is 2. The SMILES string of the molecule is CC(C)c1noc(CCNC(=O)N2CCC=C(c3ccccc3)C2)n1. The Kier molecular flexibility index (Phi) is 5.48. The van der Waals surface area contributed by atoms with Gasteiger partial charge in [0.05, 0.1) is 0 Å². The van der Waals surface area contributed by atoms with Gasteiger partial charge < -0.3 is 14.7 Å². The molecular formula is C19H24N4O2. The summed E-state index contributed by atoms with van der Waals surface area (Å²) in [4.78, 5) is 18.6. The van der Waals surface area contributed by atoms with E-state index in [1.54, 1.807) is 0 Å². The van der Waals surface area contributed by atoms with E-state index in [0.717, 1.165) is 13.0 Å². The molecule has 1 N–H and O–H groups in total. The average molecular weight is 340 g/mol. The summed E-state index contributed by atoms with van der Waals surface area (Å²) in [5.41, 5.74) is 2.37. The number of hydrogen-bond acceptors (Lipinski definition) is 4. The maximum Gasteiger partial charge on any atom is 0.317 e. The number of nitrogens with zero attached hydrogens (tertiary/aromatic N) is 3. The molecule has 0 radical (unpaired) electrons. The van der Waals surface area contributed by atoms with E-state index in [0.29, 0.717) is 31.2 Å². The van der Waals surface area contributed by atoms with Gasteiger partial charge in [-0.05, 0) is 17.6 Å². The molecule has 25 heavy (non-hydrogen) atoms. The van der Waals surface area contributed by atoms with Gasteiger partial charge in [-0.3, -0.25) is 0 Å². The molecule has 6 nitrogen and oxygen atoms in total. The number of carbonyl (C=O) groups is 1. The lowest BCUT2D eigenvalue weighted by atomic mass is 10.0. The molecule has 0 fully saturated rings. The van der Waals surface area contributed by atoms with E-state index in [-0.39, 0.29) is 11.9 Å². The van der Waals surface area contributed by atoms with E-state index in [1.807, 2.05) is 36.9 Å². The zero-order valence-electron chi connectivity index (χ0n) is 14.7. The summed E-state index contributed by atoms with van der Waals surface area (Å²) in [7, 11) is 0. The second-order valence-corrected chi connectivity index (χ2v) is 6.49. The summed E-state index contributed by atoms with van der Waals surface area (Å²) >= 11 is 0. The quantitative estimate of drug-likeness (QED) is 0.907. The fourth-order valence-electron chi connectivity index (χ4n) is 2.77. The fraction of sp³-hybridized carbons (Fsp3) is 0.421. The highest BCUT2D eigenvalue weighted by Crippen LogP contribution is 2.20. The number of rotatable bonds is 5. The maximum absolute atomic E-state index is 12.4. The van der Waals surface area contributed by atoms with Crippen LogP contribution in [0.3, 0.4) is 0 Å². The predicted octanol–water partition coefficient (Wildman–Crippen LogP) is 3.23. The predicted molar refractivity (Wildman–Crippen MR) is 96.1 cm³/mol. The van der Waals surface area contributed by atoms with Crippen LogP contribution in [0.1, 0.15) is 43.5 Å². The Morgan fingerprint density at radius 3 is 2.84 bits per heavy atom. The first-order valence-corrected chi connectivity index (χ1v) is 8.73. The number of nitrogens with one attached hydrogen (secondary N) is 1. The van der Waals surface area contributed by atoms with Gasteiger partial charge >= 0.3 is 6.03 Å². The van der Waals surface area contributed by atoms with Gasteiger partial charge in [0.2, 0.25) is 5.89 Å². The lowest BCUT2D eigenvalue weighted by Gasteiger charge is -2.27. The molecule has 1 aliphatic rings. The number of urea groups is 1. The first-order valence-electron chi connectivity index (χ1n) is 8.73. The summed E-state index contributed by atoms with van der Waals surface area (Å²) < 4.78 is 5.19. The number of carbonyl (C=O) groups excluding carboxylic acids is 1. The minimum atomic E-state index is -0.0508. The topological polar surface area (TPSA) is 71.3 Å². The smallest absolute Gasteiger partial charge is 0.317 e. The molecular weight excluding hydrogens is 316 g/mol. The number of benzene rings is 1. The Balaban J connectivity index is 1.49. The van der Waals surface area contributed by atoms with E-state index >= 15 is 0 Å². The maximum atomic E-state index is 12.4. The third kappa shape index (κ3) is 4.47. The molecule has 0 unspecified atom stereocenters. The fourth-order valence-corrected chi connectivity index (χ4v) is 2.77. The molecule has 132 valence electrons. The van der Waals surface area contributed by atoms with Crippen molar-refractivity contribution in [1.29, 1.82) is 0 Å². The Hall–Kier alpha value is -2.63. The molecule has 2 aromatic rings. The van der Waals surface area contributed by atoms with E-state index in [4.69, 9.17) is 4.52 Å². The van der Waals surface area contributed by atoms with Crippen LogP contribution in [0, 0.1) is 0 Å². The molecule has 0 spiro atoms. The molecule has 1 aromatic carbocycles. The Morgan fingerprint density at radius 1 is 1.32 bits per heavy atom. The van der Waals surface area contributed by atoms with Crippen molar-refractivity contribution in [2.75, 3.05) is 19.6 Å². The van der Waals surface area contributed by atoms with Gasteiger partial charge in [-0.1, -0.05) is 55.4 Å². The standard InChI is InChI=1S/C19H24N4O2/c1-14(2)18-21-17(25-22-18)10-11-20-19(24)23-12-6-9-16(13-23)15-7-4-3-5-8-15/h3-5,7-9,14H,6,10-13H2,1-2H3,(H,20,24). The third-order valence-electron chi connectivity index (χ3n) is 4.20. The lowest BCUT2D eigenvalue weighted by Crippen LogP contribution is -2.43. The van der Waals surface area contributed by atoms with E-state index in [9.17, 15) is 4.79 Å². The summed E-state index contributed by atoms with van der Waals surface area (Å²) in [5.74, 6) is 1.51. The molecule has 6 heteroatoms. The first-order chi connectivity index (χ1) is 12.1. The summed E-state index contributed by atoms with van der Waals surface area (Å²) in [5, 5.41) is 6.87. The average Bonchev–Trinajstić information content (AvgIpc) is 3.12. The van der Waals surface area contributed by atoms with Crippen molar-refractivity contribution in [2.24, 2.45) is 0 Å². The van der Waals surface area contributed by atoms with Crippen LogP contribution in [0.25, 0.3) is 5.57 Å². The minimum absolute atomic E-state index is 0.0508. The second kappa shape index (κ2) is 7.96. The molecule has 1 aliphatic heterocycles. The number of hydrogen-bond donors (Lipinski definition) is 1. The van der Waals surface area contributed by atoms with Gasteiger partial charge in [0.15, 0.2) is 5.82 Å². The first kappa shape index (κ1) is 17.2. The van der Waals surface area contributed by atoms with Gasteiger partial charge in [-0.2, -0.15) is 4.98 Å². The summed E-state index contributed by atoms with van der Waals surface area (Å²) in [6.07, 6.45) is 3.63. The Labute approximate surface area is 147 Å². The van der Waals surface area contributed by atoms with Gasteiger partial charge in [0.25, 0.3) is 0 Å². The van der Waals surface area contributed by atoms with Crippen LogP contribution in [0.4, 0.5) is 4.79 Å². The summed E-state index contributed by atoms with van der Waals surface area (Å²) in [6, 6.07) is 10.1. The van der Waals surface area contributed by atoms with Crippen LogP contribution in [-0.4, -0.2) is 40.7 Å². The molecule has 0 atom stereocenters. The number of amides is 2. The van der Waals surface area contributed by atoms with Crippen molar-refractivity contribution >= 4 is 11.6 Å². The normalized spacial score (nSPS) is 14.5. The van der Waals surface area contributed by atoms with Crippen molar-refractivity contribution in [2.45, 2.75) is 32.6 Å². The van der Waals surface area contributed by atoms with Crippen LogP contribution >= 0.6 is 0 Å². The van der Waals surface area contributed by atoms with Gasteiger partial charge in [-0.15, -0.1) is 0 Å². The molecule has 2 heterocycles. The van der Waals surface area contributed by atoms with Crippen molar-refractivity contribution in [1.82, 2.24) is 20.4 Å². The van der Waals surface area contributed by atoms with Crippen LogP contribution < -0.4 is 5.32 Å². The molecule has 1 aromatic heterocycles. The van der Waals surface area contributed by atoms with Gasteiger partial charge in [0, 0.05) is 32.0 Å². The third-order valence-corrected chi connectivity index (χ3v) is 4.20. The molecule has 3 rings (SSSR count). The van der Waals surface area contributed by atoms with Crippen LogP contribution in [-0.2, 0) is 6.42 Å². The monoisotopic (exact) mass is 340 g/mol. The highest BCUT2D eigenvalue weighted by Gasteiger charge is 2.19. The zero-order chi connectivity index (χ0) is 17.6. The second-order valence-electron chi connectivity index (χ2n) is 6.49. The van der Waals surface area contributed by atoms with E-state index in [1.165, 1.54) is 11.1 Å². The molecule has 0 saturated carbocycles. The highest BCUT2D eigenvalue weighted by atomic mass is 16.5. The van der Waals surface area contributed by atoms with E-state index in [2.05, 4.69) is 33.7 Å². The zero-order valence-corrected chi connectivity index (χ0v) is 14.7. The Bertz CT molecular complexity index is 737.